The molecule has 0 unspecified atom stereocenters. The van der Waals surface area contributed by atoms with E-state index in [-0.39, 0.29) is 5.75 Å². The number of hydrogen-bond acceptors (Lipinski definition) is 6. The molecule has 0 saturated carbocycles. The molecular formula is C18H23N5O3S. The Morgan fingerprint density at radius 2 is 1.93 bits per heavy atom. The summed E-state index contributed by atoms with van der Waals surface area (Å²) in [5, 5.41) is 4.70. The Hall–Kier alpha value is -2.39. The highest BCUT2D eigenvalue weighted by atomic mass is 32.2. The summed E-state index contributed by atoms with van der Waals surface area (Å²) in [7, 11) is -3.15. The van der Waals surface area contributed by atoms with Crippen LogP contribution in [0.3, 0.4) is 0 Å². The van der Waals surface area contributed by atoms with Crippen LogP contribution in [0.25, 0.3) is 17.1 Å². The molecule has 8 nitrogen and oxygen atoms in total. The van der Waals surface area contributed by atoms with Gasteiger partial charge in [0.2, 0.25) is 10.0 Å². The van der Waals surface area contributed by atoms with E-state index in [1.54, 1.807) is 17.5 Å². The molecule has 0 radical (unpaired) electrons. The van der Waals surface area contributed by atoms with Crippen molar-refractivity contribution in [2.75, 3.05) is 36.8 Å². The molecule has 1 aliphatic heterocycles. The molecule has 1 fully saturated rings. The minimum Gasteiger partial charge on any atom is -0.463 e. The summed E-state index contributed by atoms with van der Waals surface area (Å²) in [6.07, 6.45) is 1.62. The zero-order valence-electron chi connectivity index (χ0n) is 15.7. The van der Waals surface area contributed by atoms with Crippen LogP contribution in [0.15, 0.2) is 28.9 Å². The van der Waals surface area contributed by atoms with Gasteiger partial charge in [-0.2, -0.15) is 13.9 Å². The molecule has 0 atom stereocenters. The SMILES string of the molecule is CCS(=O)(=O)N1CCN(c2c(C)c(C)nc3cc(-c4ccco4)nn23)CC1. The number of aromatic nitrogens is 3. The van der Waals surface area contributed by atoms with Gasteiger partial charge in [0.15, 0.2) is 11.4 Å². The molecule has 3 aromatic rings. The molecule has 4 heterocycles. The summed E-state index contributed by atoms with van der Waals surface area (Å²) in [4.78, 5) is 6.85. The largest absolute Gasteiger partial charge is 0.463 e. The Bertz CT molecular complexity index is 1060. The Morgan fingerprint density at radius 1 is 1.19 bits per heavy atom. The number of furan rings is 1. The van der Waals surface area contributed by atoms with Gasteiger partial charge in [-0.1, -0.05) is 0 Å². The van der Waals surface area contributed by atoms with Crippen LogP contribution in [0.2, 0.25) is 0 Å². The highest BCUT2D eigenvalue weighted by molar-refractivity contribution is 7.89. The van der Waals surface area contributed by atoms with Crippen molar-refractivity contribution in [2.45, 2.75) is 20.8 Å². The van der Waals surface area contributed by atoms with Crippen molar-refractivity contribution in [3.63, 3.8) is 0 Å². The van der Waals surface area contributed by atoms with Crippen LogP contribution in [0.4, 0.5) is 5.82 Å². The van der Waals surface area contributed by atoms with Crippen molar-refractivity contribution in [3.05, 3.63) is 35.7 Å². The van der Waals surface area contributed by atoms with Crippen molar-refractivity contribution in [2.24, 2.45) is 0 Å². The molecule has 144 valence electrons. The number of sulfonamides is 1. The minimum atomic E-state index is -3.15. The highest BCUT2D eigenvalue weighted by Crippen LogP contribution is 2.28. The summed E-state index contributed by atoms with van der Waals surface area (Å²) in [6.45, 7) is 7.89. The van der Waals surface area contributed by atoms with E-state index in [0.717, 1.165) is 28.4 Å². The molecule has 3 aromatic heterocycles. The molecule has 0 spiro atoms. The Balaban J connectivity index is 1.72. The van der Waals surface area contributed by atoms with Gasteiger partial charge in [0.05, 0.1) is 12.0 Å². The lowest BCUT2D eigenvalue weighted by Gasteiger charge is -2.36. The van der Waals surface area contributed by atoms with Gasteiger partial charge in [-0.05, 0) is 32.9 Å². The first-order chi connectivity index (χ1) is 12.9. The first kappa shape index (κ1) is 18.0. The van der Waals surface area contributed by atoms with Crippen LogP contribution in [-0.4, -0.2) is 59.3 Å². The predicted octanol–water partition coefficient (Wildman–Crippen LogP) is 2.08. The first-order valence-electron chi connectivity index (χ1n) is 9.04. The molecular weight excluding hydrogens is 366 g/mol. The van der Waals surface area contributed by atoms with E-state index in [9.17, 15) is 8.42 Å². The van der Waals surface area contributed by atoms with Crippen molar-refractivity contribution in [3.8, 4) is 11.5 Å². The second-order valence-electron chi connectivity index (χ2n) is 6.71. The van der Waals surface area contributed by atoms with Gasteiger partial charge in [0, 0.05) is 43.5 Å². The Labute approximate surface area is 158 Å². The highest BCUT2D eigenvalue weighted by Gasteiger charge is 2.28. The van der Waals surface area contributed by atoms with Crippen LogP contribution in [0, 0.1) is 13.8 Å². The lowest BCUT2D eigenvalue weighted by Crippen LogP contribution is -2.49. The molecule has 1 aliphatic rings. The van der Waals surface area contributed by atoms with E-state index in [1.807, 2.05) is 36.6 Å². The van der Waals surface area contributed by atoms with Gasteiger partial charge in [0.25, 0.3) is 0 Å². The van der Waals surface area contributed by atoms with Crippen LogP contribution < -0.4 is 4.90 Å². The predicted molar refractivity (Wildman–Crippen MR) is 103 cm³/mol. The van der Waals surface area contributed by atoms with E-state index in [1.165, 1.54) is 0 Å². The third-order valence-electron chi connectivity index (χ3n) is 5.12. The van der Waals surface area contributed by atoms with Gasteiger partial charge >= 0.3 is 0 Å². The molecule has 0 N–H and O–H groups in total. The summed E-state index contributed by atoms with van der Waals surface area (Å²) in [6, 6.07) is 5.61. The standard InChI is InChI=1S/C18H23N5O3S/c1-4-27(24,25)22-9-7-21(8-10-22)18-13(2)14(3)19-17-12-15(20-23(17)18)16-6-5-11-26-16/h5-6,11-12H,4,7-10H2,1-3H3. The minimum absolute atomic E-state index is 0.135. The van der Waals surface area contributed by atoms with Crippen LogP contribution in [0.1, 0.15) is 18.2 Å². The fraction of sp³-hybridized carbons (Fsp3) is 0.444. The average molecular weight is 389 g/mol. The lowest BCUT2D eigenvalue weighted by atomic mass is 10.2. The maximum atomic E-state index is 12.1. The molecule has 27 heavy (non-hydrogen) atoms. The molecule has 1 saturated heterocycles. The van der Waals surface area contributed by atoms with Crippen molar-refractivity contribution < 1.29 is 12.8 Å². The maximum absolute atomic E-state index is 12.1. The molecule has 0 aliphatic carbocycles. The topological polar surface area (TPSA) is 84.0 Å². The van der Waals surface area contributed by atoms with Crippen molar-refractivity contribution in [1.82, 2.24) is 18.9 Å². The van der Waals surface area contributed by atoms with E-state index in [2.05, 4.69) is 9.88 Å². The normalized spacial score (nSPS) is 16.3. The summed E-state index contributed by atoms with van der Waals surface area (Å²) in [5.41, 5.74) is 3.46. The number of rotatable bonds is 4. The smallest absolute Gasteiger partial charge is 0.213 e. The molecule has 0 aromatic carbocycles. The van der Waals surface area contributed by atoms with E-state index in [0.29, 0.717) is 31.9 Å². The zero-order valence-corrected chi connectivity index (χ0v) is 16.5. The van der Waals surface area contributed by atoms with Gasteiger partial charge in [-0.25, -0.2) is 13.4 Å². The lowest BCUT2D eigenvalue weighted by molar-refractivity contribution is 0.383. The molecule has 4 rings (SSSR count). The van der Waals surface area contributed by atoms with E-state index in [4.69, 9.17) is 9.52 Å². The van der Waals surface area contributed by atoms with Crippen molar-refractivity contribution in [1.29, 1.82) is 0 Å². The molecule has 9 heteroatoms. The Kier molecular flexibility index (Phi) is 4.43. The third kappa shape index (κ3) is 3.10. The number of hydrogen-bond donors (Lipinski definition) is 0. The number of nitrogens with zero attached hydrogens (tertiary/aromatic N) is 5. The number of piperazine rings is 1. The monoisotopic (exact) mass is 389 g/mol. The molecule has 0 bridgehead atoms. The second-order valence-corrected chi connectivity index (χ2v) is 8.97. The number of anilines is 1. The maximum Gasteiger partial charge on any atom is 0.213 e. The van der Waals surface area contributed by atoms with Crippen molar-refractivity contribution >= 4 is 21.5 Å². The summed E-state index contributed by atoms with van der Waals surface area (Å²) < 4.78 is 33.1. The van der Waals surface area contributed by atoms with Crippen LogP contribution in [0.5, 0.6) is 0 Å². The second kappa shape index (κ2) is 6.65. The molecule has 0 amide bonds. The zero-order chi connectivity index (χ0) is 19.2. The number of aryl methyl sites for hydroxylation is 1. The van der Waals surface area contributed by atoms with Crippen LogP contribution >= 0.6 is 0 Å². The fourth-order valence-corrected chi connectivity index (χ4v) is 4.54. The van der Waals surface area contributed by atoms with Gasteiger partial charge in [-0.3, -0.25) is 0 Å². The summed E-state index contributed by atoms with van der Waals surface area (Å²) >= 11 is 0. The van der Waals surface area contributed by atoms with E-state index >= 15 is 0 Å². The van der Waals surface area contributed by atoms with Gasteiger partial charge in [-0.15, -0.1) is 0 Å². The Morgan fingerprint density at radius 3 is 2.56 bits per heavy atom. The third-order valence-corrected chi connectivity index (χ3v) is 7.00. The van der Waals surface area contributed by atoms with Crippen LogP contribution in [-0.2, 0) is 10.0 Å². The summed E-state index contributed by atoms with van der Waals surface area (Å²) in [5.74, 6) is 1.79. The van der Waals surface area contributed by atoms with Gasteiger partial charge in [0.1, 0.15) is 11.5 Å². The first-order valence-corrected chi connectivity index (χ1v) is 10.6. The number of fused-ring (bicyclic) bond motifs is 1. The quantitative estimate of drug-likeness (QED) is 0.679. The fourth-order valence-electron chi connectivity index (χ4n) is 3.46. The average Bonchev–Trinajstić information content (AvgIpc) is 3.32. The van der Waals surface area contributed by atoms with E-state index < -0.39 is 10.0 Å². The van der Waals surface area contributed by atoms with Gasteiger partial charge < -0.3 is 9.32 Å².